The Morgan fingerprint density at radius 3 is 2.67 bits per heavy atom. The highest BCUT2D eigenvalue weighted by Gasteiger charge is 2.32. The molecule has 2 heterocycles. The number of hydrogen-bond donors (Lipinski definition) is 1. The van der Waals surface area contributed by atoms with E-state index in [0.717, 1.165) is 12.1 Å². The molecule has 1 N–H and O–H groups in total. The highest BCUT2D eigenvalue weighted by Crippen LogP contribution is 2.31. The van der Waals surface area contributed by atoms with Crippen LogP contribution in [-0.2, 0) is 11.0 Å². The van der Waals surface area contributed by atoms with Gasteiger partial charge >= 0.3 is 6.18 Å². The SMILES string of the molecule is O=C(N[C@H](CN1CCCC1=O)c1cccc(C(F)(F)F)c1)c1ccc(Cl)o1. The van der Waals surface area contributed by atoms with Crippen LogP contribution in [0.2, 0.25) is 5.22 Å². The van der Waals surface area contributed by atoms with Crippen molar-refractivity contribution in [3.8, 4) is 0 Å². The first-order chi connectivity index (χ1) is 12.7. The second-order valence-corrected chi connectivity index (χ2v) is 6.57. The Hall–Kier alpha value is -2.48. The summed E-state index contributed by atoms with van der Waals surface area (Å²) < 4.78 is 44.2. The first kappa shape index (κ1) is 19.3. The Morgan fingerprint density at radius 2 is 2.07 bits per heavy atom. The second kappa shape index (κ2) is 7.64. The van der Waals surface area contributed by atoms with Crippen LogP contribution < -0.4 is 5.32 Å². The molecule has 1 aromatic heterocycles. The lowest BCUT2D eigenvalue weighted by Gasteiger charge is -2.25. The fraction of sp³-hybridized carbons (Fsp3) is 0.333. The number of alkyl halides is 3. The first-order valence-electron chi connectivity index (χ1n) is 8.25. The minimum absolute atomic E-state index is 0.0190. The van der Waals surface area contributed by atoms with Crippen molar-refractivity contribution in [1.29, 1.82) is 0 Å². The average molecular weight is 401 g/mol. The summed E-state index contributed by atoms with van der Waals surface area (Å²) >= 11 is 5.66. The number of benzene rings is 1. The van der Waals surface area contributed by atoms with Gasteiger partial charge in [0.15, 0.2) is 11.0 Å². The Bertz CT molecular complexity index is 850. The molecule has 1 atom stereocenters. The minimum Gasteiger partial charge on any atom is -0.440 e. The van der Waals surface area contributed by atoms with Crippen molar-refractivity contribution in [2.24, 2.45) is 0 Å². The molecule has 27 heavy (non-hydrogen) atoms. The van der Waals surface area contributed by atoms with E-state index in [0.29, 0.717) is 19.4 Å². The highest BCUT2D eigenvalue weighted by molar-refractivity contribution is 6.29. The van der Waals surface area contributed by atoms with Crippen molar-refractivity contribution >= 4 is 23.4 Å². The van der Waals surface area contributed by atoms with Gasteiger partial charge in [-0.15, -0.1) is 0 Å². The molecule has 1 aliphatic rings. The van der Waals surface area contributed by atoms with Crippen molar-refractivity contribution in [1.82, 2.24) is 10.2 Å². The summed E-state index contributed by atoms with van der Waals surface area (Å²) in [4.78, 5) is 25.8. The number of rotatable bonds is 5. The van der Waals surface area contributed by atoms with Crippen molar-refractivity contribution in [3.05, 3.63) is 58.5 Å². The van der Waals surface area contributed by atoms with Crippen molar-refractivity contribution < 1.29 is 27.2 Å². The lowest BCUT2D eigenvalue weighted by atomic mass is 10.0. The third-order valence-corrected chi connectivity index (χ3v) is 4.50. The standard InChI is InChI=1S/C18H16ClF3N2O3/c19-15-7-6-14(27-15)17(26)23-13(10-24-8-2-5-16(24)25)11-3-1-4-12(9-11)18(20,21)22/h1,3-4,6-7,9,13H,2,5,8,10H2,(H,23,26)/t13-/m1/s1. The van der Waals surface area contributed by atoms with E-state index in [4.69, 9.17) is 16.0 Å². The van der Waals surface area contributed by atoms with E-state index in [1.54, 1.807) is 0 Å². The van der Waals surface area contributed by atoms with Gasteiger partial charge in [-0.3, -0.25) is 9.59 Å². The van der Waals surface area contributed by atoms with Crippen LogP contribution in [0.15, 0.2) is 40.8 Å². The lowest BCUT2D eigenvalue weighted by molar-refractivity contribution is -0.137. The van der Waals surface area contributed by atoms with Crippen LogP contribution in [-0.4, -0.2) is 29.8 Å². The van der Waals surface area contributed by atoms with Crippen LogP contribution >= 0.6 is 11.6 Å². The number of furan rings is 1. The monoisotopic (exact) mass is 400 g/mol. The molecular formula is C18H16ClF3N2O3. The zero-order valence-corrected chi connectivity index (χ0v) is 14.8. The molecule has 1 aromatic carbocycles. The van der Waals surface area contributed by atoms with Gasteiger partial charge in [0.1, 0.15) is 0 Å². The van der Waals surface area contributed by atoms with Gasteiger partial charge in [-0.25, -0.2) is 0 Å². The predicted molar refractivity (Wildman–Crippen MR) is 91.2 cm³/mol. The minimum atomic E-state index is -4.51. The van der Waals surface area contributed by atoms with E-state index in [1.807, 2.05) is 0 Å². The molecule has 1 fully saturated rings. The van der Waals surface area contributed by atoms with E-state index in [-0.39, 0.29) is 29.0 Å². The maximum Gasteiger partial charge on any atom is 0.416 e. The Labute approximate surface area is 158 Å². The Morgan fingerprint density at radius 1 is 1.30 bits per heavy atom. The molecule has 0 unspecified atom stereocenters. The van der Waals surface area contributed by atoms with Crippen LogP contribution in [0.25, 0.3) is 0 Å². The van der Waals surface area contributed by atoms with Crippen LogP contribution in [0.1, 0.15) is 40.6 Å². The van der Waals surface area contributed by atoms with E-state index >= 15 is 0 Å². The molecule has 2 aromatic rings. The number of amides is 2. The predicted octanol–water partition coefficient (Wildman–Crippen LogP) is 4.05. The summed E-state index contributed by atoms with van der Waals surface area (Å²) in [6.07, 6.45) is -3.45. The van der Waals surface area contributed by atoms with Crippen molar-refractivity contribution in [2.45, 2.75) is 25.1 Å². The quantitative estimate of drug-likeness (QED) is 0.823. The maximum atomic E-state index is 13.0. The fourth-order valence-electron chi connectivity index (χ4n) is 2.95. The van der Waals surface area contributed by atoms with Gasteiger partial charge in [0.05, 0.1) is 11.6 Å². The van der Waals surface area contributed by atoms with Gasteiger partial charge in [-0.2, -0.15) is 13.2 Å². The van der Waals surface area contributed by atoms with E-state index in [9.17, 15) is 22.8 Å². The number of hydrogen-bond acceptors (Lipinski definition) is 3. The molecule has 2 amide bonds. The lowest BCUT2D eigenvalue weighted by Crippen LogP contribution is -2.38. The molecule has 3 rings (SSSR count). The zero-order chi connectivity index (χ0) is 19.6. The zero-order valence-electron chi connectivity index (χ0n) is 14.1. The van der Waals surface area contributed by atoms with Crippen LogP contribution in [0.4, 0.5) is 13.2 Å². The summed E-state index contributed by atoms with van der Waals surface area (Å²) in [6, 6.07) is 6.60. The van der Waals surface area contributed by atoms with Gasteiger partial charge in [0, 0.05) is 19.5 Å². The Balaban J connectivity index is 1.87. The smallest absolute Gasteiger partial charge is 0.416 e. The second-order valence-electron chi connectivity index (χ2n) is 6.20. The molecular weight excluding hydrogens is 385 g/mol. The number of likely N-dealkylation sites (tertiary alicyclic amines) is 1. The van der Waals surface area contributed by atoms with Gasteiger partial charge in [-0.05, 0) is 47.9 Å². The maximum absolute atomic E-state index is 13.0. The summed E-state index contributed by atoms with van der Waals surface area (Å²) in [5, 5.41) is 2.66. The molecule has 0 radical (unpaired) electrons. The van der Waals surface area contributed by atoms with Gasteiger partial charge < -0.3 is 14.6 Å². The number of nitrogens with zero attached hydrogens (tertiary/aromatic N) is 1. The van der Waals surface area contributed by atoms with E-state index in [1.165, 1.54) is 29.2 Å². The fourth-order valence-corrected chi connectivity index (χ4v) is 3.10. The molecule has 1 aliphatic heterocycles. The van der Waals surface area contributed by atoms with Crippen molar-refractivity contribution in [3.63, 3.8) is 0 Å². The molecule has 0 spiro atoms. The molecule has 0 saturated carbocycles. The summed E-state index contributed by atoms with van der Waals surface area (Å²) in [5.74, 6) is -0.789. The number of nitrogens with one attached hydrogen (secondary N) is 1. The molecule has 144 valence electrons. The topological polar surface area (TPSA) is 62.6 Å². The molecule has 5 nitrogen and oxygen atoms in total. The summed E-state index contributed by atoms with van der Waals surface area (Å²) in [6.45, 7) is 0.567. The normalized spacial score (nSPS) is 15.9. The summed E-state index contributed by atoms with van der Waals surface area (Å²) in [5.41, 5.74) is -0.580. The summed E-state index contributed by atoms with van der Waals surface area (Å²) in [7, 11) is 0. The van der Waals surface area contributed by atoms with Gasteiger partial charge in [-0.1, -0.05) is 12.1 Å². The van der Waals surface area contributed by atoms with Crippen LogP contribution in [0, 0.1) is 0 Å². The van der Waals surface area contributed by atoms with Gasteiger partial charge in [0.25, 0.3) is 5.91 Å². The molecule has 0 bridgehead atoms. The third-order valence-electron chi connectivity index (χ3n) is 4.29. The highest BCUT2D eigenvalue weighted by atomic mass is 35.5. The van der Waals surface area contributed by atoms with E-state index in [2.05, 4.69) is 5.32 Å². The van der Waals surface area contributed by atoms with E-state index < -0.39 is 23.7 Å². The number of halogens is 4. The first-order valence-corrected chi connectivity index (χ1v) is 8.63. The molecule has 0 aliphatic carbocycles. The van der Waals surface area contributed by atoms with Crippen LogP contribution in [0.5, 0.6) is 0 Å². The molecule has 1 saturated heterocycles. The Kier molecular flexibility index (Phi) is 5.46. The van der Waals surface area contributed by atoms with Crippen LogP contribution in [0.3, 0.4) is 0 Å². The largest absolute Gasteiger partial charge is 0.440 e. The van der Waals surface area contributed by atoms with Gasteiger partial charge in [0.2, 0.25) is 5.91 Å². The number of carbonyl (C=O) groups is 2. The average Bonchev–Trinajstić information content (AvgIpc) is 3.22. The third kappa shape index (κ3) is 4.63. The molecule has 9 heteroatoms. The number of carbonyl (C=O) groups excluding carboxylic acids is 2. The van der Waals surface area contributed by atoms with Crippen molar-refractivity contribution in [2.75, 3.05) is 13.1 Å².